The van der Waals surface area contributed by atoms with Crippen LogP contribution in [0, 0.1) is 13.8 Å². The van der Waals surface area contributed by atoms with Crippen LogP contribution in [-0.4, -0.2) is 19.7 Å². The number of hydrogen-bond donors (Lipinski definition) is 2. The first-order valence-electron chi connectivity index (χ1n) is 6.65. The van der Waals surface area contributed by atoms with E-state index in [0.29, 0.717) is 6.04 Å². The van der Waals surface area contributed by atoms with E-state index in [-0.39, 0.29) is 0 Å². The van der Waals surface area contributed by atoms with E-state index in [1.807, 2.05) is 6.07 Å². The van der Waals surface area contributed by atoms with Crippen LogP contribution in [0.5, 0.6) is 5.75 Å². The van der Waals surface area contributed by atoms with E-state index in [0.717, 1.165) is 31.7 Å². The third-order valence-electron chi connectivity index (χ3n) is 3.40. The molecule has 0 bridgehead atoms. The molecule has 0 saturated heterocycles. The molecule has 1 unspecified atom stereocenters. The van der Waals surface area contributed by atoms with Crippen molar-refractivity contribution in [3.8, 4) is 5.75 Å². The molecule has 18 heavy (non-hydrogen) atoms. The highest BCUT2D eigenvalue weighted by Crippen LogP contribution is 2.23. The Bertz CT molecular complexity index is 375. The van der Waals surface area contributed by atoms with Gasteiger partial charge >= 0.3 is 0 Å². The molecule has 1 aromatic rings. The van der Waals surface area contributed by atoms with E-state index < -0.39 is 0 Å². The summed E-state index contributed by atoms with van der Waals surface area (Å²) >= 11 is 0. The highest BCUT2D eigenvalue weighted by molar-refractivity contribution is 5.43. The molecule has 0 heterocycles. The van der Waals surface area contributed by atoms with Crippen molar-refractivity contribution in [2.75, 3.05) is 13.7 Å². The summed E-state index contributed by atoms with van der Waals surface area (Å²) < 4.78 is 5.32. The Balaban J connectivity index is 2.46. The van der Waals surface area contributed by atoms with Crippen molar-refractivity contribution in [2.24, 2.45) is 5.73 Å². The van der Waals surface area contributed by atoms with Crippen LogP contribution >= 0.6 is 0 Å². The third kappa shape index (κ3) is 4.31. The Hall–Kier alpha value is -1.06. The zero-order valence-corrected chi connectivity index (χ0v) is 12.0. The van der Waals surface area contributed by atoms with E-state index in [1.165, 1.54) is 16.7 Å². The monoisotopic (exact) mass is 250 g/mol. The molecular formula is C15H26N2O. The molecule has 0 fully saturated rings. The van der Waals surface area contributed by atoms with Crippen molar-refractivity contribution in [1.82, 2.24) is 5.32 Å². The normalized spacial score (nSPS) is 12.5. The topological polar surface area (TPSA) is 47.3 Å². The summed E-state index contributed by atoms with van der Waals surface area (Å²) in [6.45, 7) is 8.24. The van der Waals surface area contributed by atoms with Gasteiger partial charge in [0.1, 0.15) is 5.75 Å². The second kappa shape index (κ2) is 7.39. The maximum Gasteiger partial charge on any atom is 0.122 e. The molecule has 0 aliphatic rings. The van der Waals surface area contributed by atoms with Gasteiger partial charge in [-0.15, -0.1) is 0 Å². The molecule has 3 nitrogen and oxygen atoms in total. The summed E-state index contributed by atoms with van der Waals surface area (Å²) in [5, 5.41) is 3.47. The Kier molecular flexibility index (Phi) is 6.16. The SMILES string of the molecule is COc1ccc(CNCCCC(C)N)c(C)c1C. The molecule has 0 aliphatic carbocycles. The lowest BCUT2D eigenvalue weighted by molar-refractivity contribution is 0.411. The van der Waals surface area contributed by atoms with Crippen molar-refractivity contribution in [2.45, 2.75) is 46.2 Å². The van der Waals surface area contributed by atoms with Gasteiger partial charge in [-0.2, -0.15) is 0 Å². The summed E-state index contributed by atoms with van der Waals surface area (Å²) in [5.74, 6) is 0.966. The van der Waals surface area contributed by atoms with Crippen LogP contribution < -0.4 is 15.8 Å². The molecule has 0 radical (unpaired) electrons. The zero-order valence-electron chi connectivity index (χ0n) is 12.0. The molecule has 0 aromatic heterocycles. The van der Waals surface area contributed by atoms with Crippen molar-refractivity contribution in [1.29, 1.82) is 0 Å². The predicted molar refractivity (Wildman–Crippen MR) is 77.1 cm³/mol. The lowest BCUT2D eigenvalue weighted by Crippen LogP contribution is -2.20. The van der Waals surface area contributed by atoms with Gasteiger partial charge in [0.25, 0.3) is 0 Å². The van der Waals surface area contributed by atoms with Crippen LogP contribution in [-0.2, 0) is 6.54 Å². The molecule has 1 rings (SSSR count). The van der Waals surface area contributed by atoms with E-state index in [1.54, 1.807) is 7.11 Å². The number of nitrogens with one attached hydrogen (secondary N) is 1. The summed E-state index contributed by atoms with van der Waals surface area (Å²) in [4.78, 5) is 0. The lowest BCUT2D eigenvalue weighted by Gasteiger charge is -2.13. The predicted octanol–water partition coefficient (Wildman–Crippen LogP) is 2.53. The molecule has 102 valence electrons. The highest BCUT2D eigenvalue weighted by Gasteiger charge is 2.06. The average Bonchev–Trinajstić information content (AvgIpc) is 2.33. The van der Waals surface area contributed by atoms with Crippen molar-refractivity contribution in [3.05, 3.63) is 28.8 Å². The Morgan fingerprint density at radius 1 is 1.28 bits per heavy atom. The molecular weight excluding hydrogens is 224 g/mol. The molecule has 3 N–H and O–H groups in total. The van der Waals surface area contributed by atoms with Crippen molar-refractivity contribution in [3.63, 3.8) is 0 Å². The Labute approximate surface area is 111 Å². The van der Waals surface area contributed by atoms with Crippen molar-refractivity contribution >= 4 is 0 Å². The molecule has 1 aromatic carbocycles. The summed E-state index contributed by atoms with van der Waals surface area (Å²) in [7, 11) is 1.72. The molecule has 0 saturated carbocycles. The van der Waals surface area contributed by atoms with Crippen LogP contribution in [0.25, 0.3) is 0 Å². The fourth-order valence-electron chi connectivity index (χ4n) is 2.04. The Morgan fingerprint density at radius 2 is 2.00 bits per heavy atom. The fraction of sp³-hybridized carbons (Fsp3) is 0.600. The first kappa shape index (κ1) is 15.0. The molecule has 1 atom stereocenters. The standard InChI is InChI=1S/C15H26N2O/c1-11(16)6-5-9-17-10-14-7-8-15(18-4)13(3)12(14)2/h7-8,11,17H,5-6,9-10,16H2,1-4H3. The second-order valence-corrected chi connectivity index (χ2v) is 4.97. The summed E-state index contributed by atoms with van der Waals surface area (Å²) in [6, 6.07) is 4.48. The summed E-state index contributed by atoms with van der Waals surface area (Å²) in [5.41, 5.74) is 9.60. The smallest absolute Gasteiger partial charge is 0.122 e. The van der Waals surface area contributed by atoms with Gasteiger partial charge in [0.2, 0.25) is 0 Å². The van der Waals surface area contributed by atoms with Crippen LogP contribution in [0.1, 0.15) is 36.5 Å². The second-order valence-electron chi connectivity index (χ2n) is 4.97. The van der Waals surface area contributed by atoms with E-state index in [4.69, 9.17) is 10.5 Å². The van der Waals surface area contributed by atoms with Crippen molar-refractivity contribution < 1.29 is 4.74 Å². The zero-order chi connectivity index (χ0) is 13.5. The lowest BCUT2D eigenvalue weighted by atomic mass is 10.0. The third-order valence-corrected chi connectivity index (χ3v) is 3.40. The molecule has 0 spiro atoms. The van der Waals surface area contributed by atoms with Crippen LogP contribution in [0.15, 0.2) is 12.1 Å². The van der Waals surface area contributed by atoms with Gasteiger partial charge in [-0.05, 0) is 62.9 Å². The number of rotatable bonds is 7. The van der Waals surface area contributed by atoms with Gasteiger partial charge in [-0.1, -0.05) is 6.07 Å². The number of hydrogen-bond acceptors (Lipinski definition) is 3. The van der Waals surface area contributed by atoms with E-state index >= 15 is 0 Å². The minimum atomic E-state index is 0.303. The minimum absolute atomic E-state index is 0.303. The number of methoxy groups -OCH3 is 1. The fourth-order valence-corrected chi connectivity index (χ4v) is 2.04. The van der Waals surface area contributed by atoms with E-state index in [9.17, 15) is 0 Å². The minimum Gasteiger partial charge on any atom is -0.496 e. The summed E-state index contributed by atoms with van der Waals surface area (Å²) in [6.07, 6.45) is 2.21. The first-order valence-corrected chi connectivity index (χ1v) is 6.65. The molecule has 3 heteroatoms. The molecule has 0 aliphatic heterocycles. The van der Waals surface area contributed by atoms with Gasteiger partial charge < -0.3 is 15.8 Å². The number of benzene rings is 1. The largest absolute Gasteiger partial charge is 0.496 e. The van der Waals surface area contributed by atoms with E-state index in [2.05, 4.69) is 32.2 Å². The van der Waals surface area contributed by atoms with Gasteiger partial charge in [-0.25, -0.2) is 0 Å². The molecule has 0 amide bonds. The van der Waals surface area contributed by atoms with Gasteiger partial charge in [0.05, 0.1) is 7.11 Å². The number of nitrogens with two attached hydrogens (primary N) is 1. The first-order chi connectivity index (χ1) is 8.56. The van der Waals surface area contributed by atoms with Crippen LogP contribution in [0.2, 0.25) is 0 Å². The van der Waals surface area contributed by atoms with Gasteiger partial charge in [0.15, 0.2) is 0 Å². The van der Waals surface area contributed by atoms with Crippen LogP contribution in [0.3, 0.4) is 0 Å². The van der Waals surface area contributed by atoms with Gasteiger partial charge in [0, 0.05) is 12.6 Å². The Morgan fingerprint density at radius 3 is 2.61 bits per heavy atom. The number of ether oxygens (including phenoxy) is 1. The maximum absolute atomic E-state index is 5.72. The van der Waals surface area contributed by atoms with Crippen LogP contribution in [0.4, 0.5) is 0 Å². The average molecular weight is 250 g/mol. The maximum atomic E-state index is 5.72. The highest BCUT2D eigenvalue weighted by atomic mass is 16.5. The van der Waals surface area contributed by atoms with Gasteiger partial charge in [-0.3, -0.25) is 0 Å². The quantitative estimate of drug-likeness (QED) is 0.731.